The second-order valence-electron chi connectivity index (χ2n) is 3.82. The van der Waals surface area contributed by atoms with E-state index in [0.29, 0.717) is 6.42 Å². The second-order valence-corrected chi connectivity index (χ2v) is 3.82. The first-order valence-electron chi connectivity index (χ1n) is 5.30. The summed E-state index contributed by atoms with van der Waals surface area (Å²) < 4.78 is 0. The number of pyridine rings is 2. The Morgan fingerprint density at radius 2 is 1.94 bits per heavy atom. The molecule has 0 spiro atoms. The fourth-order valence-electron chi connectivity index (χ4n) is 1.60. The number of hydrogen-bond donors (Lipinski definition) is 1. The minimum atomic E-state index is -0.334. The molecule has 2 aromatic heterocycles. The summed E-state index contributed by atoms with van der Waals surface area (Å²) in [5, 5.41) is 9.33. The third-order valence-electron chi connectivity index (χ3n) is 2.28. The van der Waals surface area contributed by atoms with E-state index in [1.54, 1.807) is 19.3 Å². The van der Waals surface area contributed by atoms with Crippen molar-refractivity contribution in [2.45, 2.75) is 19.4 Å². The highest BCUT2D eigenvalue weighted by atomic mass is 16.3. The molecule has 0 bridgehead atoms. The zero-order valence-electron chi connectivity index (χ0n) is 9.17. The zero-order chi connectivity index (χ0) is 11.4. The lowest BCUT2D eigenvalue weighted by Gasteiger charge is -2.05. The molecule has 0 radical (unpaired) electrons. The van der Waals surface area contributed by atoms with E-state index >= 15 is 0 Å². The number of aliphatic hydroxyl groups is 1. The van der Waals surface area contributed by atoms with Crippen LogP contribution in [0.5, 0.6) is 0 Å². The topological polar surface area (TPSA) is 46.0 Å². The van der Waals surface area contributed by atoms with Crippen molar-refractivity contribution in [2.24, 2.45) is 0 Å². The van der Waals surface area contributed by atoms with Gasteiger partial charge in [0.05, 0.1) is 17.5 Å². The van der Waals surface area contributed by atoms with E-state index in [4.69, 9.17) is 0 Å². The lowest BCUT2D eigenvalue weighted by molar-refractivity contribution is 0.195. The summed E-state index contributed by atoms with van der Waals surface area (Å²) in [4.78, 5) is 8.52. The van der Waals surface area contributed by atoms with Crippen LogP contribution in [-0.4, -0.2) is 21.2 Å². The van der Waals surface area contributed by atoms with E-state index in [1.165, 1.54) is 0 Å². The van der Waals surface area contributed by atoms with Crippen molar-refractivity contribution in [3.8, 4) is 11.4 Å². The molecule has 0 aliphatic carbocycles. The average Bonchev–Trinajstić information content (AvgIpc) is 2.30. The fourth-order valence-corrected chi connectivity index (χ4v) is 1.60. The van der Waals surface area contributed by atoms with Crippen molar-refractivity contribution in [3.63, 3.8) is 0 Å². The molecule has 82 valence electrons. The number of rotatable bonds is 3. The molecule has 0 saturated carbocycles. The maximum atomic E-state index is 9.33. The largest absolute Gasteiger partial charge is 0.393 e. The maximum Gasteiger partial charge on any atom is 0.0888 e. The van der Waals surface area contributed by atoms with Gasteiger partial charge in [0.1, 0.15) is 0 Å². The normalized spacial score (nSPS) is 12.4. The minimum absolute atomic E-state index is 0.334. The van der Waals surface area contributed by atoms with Crippen LogP contribution in [0.4, 0.5) is 0 Å². The smallest absolute Gasteiger partial charge is 0.0888 e. The Hall–Kier alpha value is -1.74. The van der Waals surface area contributed by atoms with Crippen molar-refractivity contribution in [3.05, 3.63) is 48.3 Å². The van der Waals surface area contributed by atoms with Crippen molar-refractivity contribution < 1.29 is 5.11 Å². The molecular formula is C13H14N2O. The molecule has 2 heterocycles. The van der Waals surface area contributed by atoms with Crippen LogP contribution in [-0.2, 0) is 6.42 Å². The quantitative estimate of drug-likeness (QED) is 0.850. The highest BCUT2D eigenvalue weighted by molar-refractivity contribution is 5.54. The van der Waals surface area contributed by atoms with Crippen LogP contribution in [0.3, 0.4) is 0 Å². The fraction of sp³-hybridized carbons (Fsp3) is 0.231. The van der Waals surface area contributed by atoms with Gasteiger partial charge in [-0.15, -0.1) is 0 Å². The Bertz CT molecular complexity index is 454. The molecule has 1 unspecified atom stereocenters. The summed E-state index contributed by atoms with van der Waals surface area (Å²) in [6.45, 7) is 1.78. The van der Waals surface area contributed by atoms with E-state index in [-0.39, 0.29) is 6.10 Å². The zero-order valence-corrected chi connectivity index (χ0v) is 9.17. The number of aromatic nitrogens is 2. The molecule has 0 aliphatic rings. The van der Waals surface area contributed by atoms with Gasteiger partial charge in [-0.3, -0.25) is 9.97 Å². The van der Waals surface area contributed by atoms with E-state index in [1.807, 2.05) is 30.3 Å². The van der Waals surface area contributed by atoms with Gasteiger partial charge < -0.3 is 5.11 Å². The summed E-state index contributed by atoms with van der Waals surface area (Å²) >= 11 is 0. The van der Waals surface area contributed by atoms with Crippen LogP contribution >= 0.6 is 0 Å². The second kappa shape index (κ2) is 4.86. The highest BCUT2D eigenvalue weighted by Gasteiger charge is 2.03. The Balaban J connectivity index is 2.29. The monoisotopic (exact) mass is 214 g/mol. The van der Waals surface area contributed by atoms with Gasteiger partial charge in [-0.1, -0.05) is 6.07 Å². The standard InChI is InChI=1S/C13H14N2O/c1-10(16)8-11-5-7-15-13(9-11)12-4-2-3-6-14-12/h2-7,9-10,16H,8H2,1H3. The van der Waals surface area contributed by atoms with Gasteiger partial charge in [0.15, 0.2) is 0 Å². The van der Waals surface area contributed by atoms with Crippen LogP contribution in [0.1, 0.15) is 12.5 Å². The predicted octanol–water partition coefficient (Wildman–Crippen LogP) is 2.07. The summed E-state index contributed by atoms with van der Waals surface area (Å²) in [5.74, 6) is 0. The van der Waals surface area contributed by atoms with Gasteiger partial charge in [-0.2, -0.15) is 0 Å². The van der Waals surface area contributed by atoms with Gasteiger partial charge in [0.25, 0.3) is 0 Å². The molecule has 3 nitrogen and oxygen atoms in total. The van der Waals surface area contributed by atoms with E-state index in [2.05, 4.69) is 9.97 Å². The lowest BCUT2D eigenvalue weighted by Crippen LogP contribution is -2.04. The van der Waals surface area contributed by atoms with Crippen LogP contribution in [0.25, 0.3) is 11.4 Å². The Morgan fingerprint density at radius 1 is 1.12 bits per heavy atom. The van der Waals surface area contributed by atoms with Gasteiger partial charge in [-0.25, -0.2) is 0 Å². The molecule has 0 amide bonds. The van der Waals surface area contributed by atoms with Crippen LogP contribution in [0.15, 0.2) is 42.7 Å². The van der Waals surface area contributed by atoms with Crippen LogP contribution < -0.4 is 0 Å². The molecule has 0 aromatic carbocycles. The van der Waals surface area contributed by atoms with Crippen LogP contribution in [0, 0.1) is 0 Å². The molecule has 3 heteroatoms. The minimum Gasteiger partial charge on any atom is -0.393 e. The molecule has 1 atom stereocenters. The van der Waals surface area contributed by atoms with Crippen LogP contribution in [0.2, 0.25) is 0 Å². The Morgan fingerprint density at radius 3 is 2.62 bits per heavy atom. The summed E-state index contributed by atoms with van der Waals surface area (Å²) in [5.41, 5.74) is 2.78. The third-order valence-corrected chi connectivity index (χ3v) is 2.28. The van der Waals surface area contributed by atoms with Gasteiger partial charge in [0, 0.05) is 12.4 Å². The first-order chi connectivity index (χ1) is 7.75. The summed E-state index contributed by atoms with van der Waals surface area (Å²) in [6.07, 6.45) is 3.81. The van der Waals surface area contributed by atoms with E-state index in [0.717, 1.165) is 17.0 Å². The Labute approximate surface area is 94.8 Å². The highest BCUT2D eigenvalue weighted by Crippen LogP contribution is 2.15. The Kier molecular flexibility index (Phi) is 3.27. The van der Waals surface area contributed by atoms with Gasteiger partial charge in [-0.05, 0) is 43.2 Å². The lowest BCUT2D eigenvalue weighted by atomic mass is 10.1. The van der Waals surface area contributed by atoms with Gasteiger partial charge in [0.2, 0.25) is 0 Å². The molecule has 0 saturated heterocycles. The first-order valence-corrected chi connectivity index (χ1v) is 5.30. The van der Waals surface area contributed by atoms with Crippen molar-refractivity contribution in [2.75, 3.05) is 0 Å². The maximum absolute atomic E-state index is 9.33. The summed E-state index contributed by atoms with van der Waals surface area (Å²) in [6, 6.07) is 9.62. The number of hydrogen-bond acceptors (Lipinski definition) is 3. The van der Waals surface area contributed by atoms with E-state index in [9.17, 15) is 5.11 Å². The van der Waals surface area contributed by atoms with Crippen molar-refractivity contribution in [1.29, 1.82) is 0 Å². The van der Waals surface area contributed by atoms with E-state index < -0.39 is 0 Å². The first kappa shape index (κ1) is 10.8. The molecule has 2 rings (SSSR count). The SMILES string of the molecule is CC(O)Cc1ccnc(-c2ccccn2)c1. The van der Waals surface area contributed by atoms with Crippen molar-refractivity contribution in [1.82, 2.24) is 9.97 Å². The molecular weight excluding hydrogens is 200 g/mol. The van der Waals surface area contributed by atoms with Crippen molar-refractivity contribution >= 4 is 0 Å². The molecule has 0 fully saturated rings. The summed E-state index contributed by atoms with van der Waals surface area (Å²) in [7, 11) is 0. The average molecular weight is 214 g/mol. The number of nitrogens with zero attached hydrogens (tertiary/aromatic N) is 2. The molecule has 2 aromatic rings. The number of aliphatic hydroxyl groups excluding tert-OH is 1. The van der Waals surface area contributed by atoms with Gasteiger partial charge >= 0.3 is 0 Å². The predicted molar refractivity (Wildman–Crippen MR) is 62.9 cm³/mol. The molecule has 1 N–H and O–H groups in total. The third kappa shape index (κ3) is 2.64. The molecule has 16 heavy (non-hydrogen) atoms. The molecule has 0 aliphatic heterocycles.